The molecule has 27 heavy (non-hydrogen) atoms. The number of para-hydroxylation sites is 1. The highest BCUT2D eigenvalue weighted by Crippen LogP contribution is 2.26. The number of benzene rings is 2. The maximum atomic E-state index is 12.8. The summed E-state index contributed by atoms with van der Waals surface area (Å²) in [6.45, 7) is 1.87. The van der Waals surface area contributed by atoms with Gasteiger partial charge < -0.3 is 4.74 Å². The van der Waals surface area contributed by atoms with Gasteiger partial charge in [-0.2, -0.15) is 4.31 Å². The predicted octanol–water partition coefficient (Wildman–Crippen LogP) is 2.90. The number of sulfonamides is 1. The van der Waals surface area contributed by atoms with Crippen LogP contribution in [0.2, 0.25) is 0 Å². The Morgan fingerprint density at radius 2 is 1.67 bits per heavy atom. The molecular formula is C20H21NO5S. The van der Waals surface area contributed by atoms with Crippen molar-refractivity contribution in [3.05, 3.63) is 60.2 Å². The largest absolute Gasteiger partial charge is 0.426 e. The second-order valence-electron chi connectivity index (χ2n) is 6.50. The predicted molar refractivity (Wildman–Crippen MR) is 100 cm³/mol. The van der Waals surface area contributed by atoms with Crippen molar-refractivity contribution in [2.45, 2.75) is 24.7 Å². The number of ether oxygens (including phenoxy) is 1. The Balaban J connectivity index is 1.65. The fraction of sp³-hybridized carbons (Fsp3) is 0.300. The first-order valence-electron chi connectivity index (χ1n) is 8.76. The van der Waals surface area contributed by atoms with Crippen LogP contribution in [0.1, 0.15) is 30.1 Å². The molecule has 142 valence electrons. The van der Waals surface area contributed by atoms with Gasteiger partial charge in [-0.25, -0.2) is 8.42 Å². The molecule has 3 rings (SSSR count). The van der Waals surface area contributed by atoms with Crippen LogP contribution in [-0.4, -0.2) is 37.6 Å². The van der Waals surface area contributed by atoms with Gasteiger partial charge in [-0.15, -0.1) is 0 Å². The Bertz CT molecular complexity index is 932. The third-order valence-electron chi connectivity index (χ3n) is 4.63. The zero-order valence-electron chi connectivity index (χ0n) is 15.0. The van der Waals surface area contributed by atoms with E-state index in [4.69, 9.17) is 4.74 Å². The second kappa shape index (κ2) is 8.02. The van der Waals surface area contributed by atoms with Gasteiger partial charge >= 0.3 is 5.97 Å². The minimum absolute atomic E-state index is 0.0977. The molecule has 0 saturated carbocycles. The molecule has 6 nitrogen and oxygen atoms in total. The Kier molecular flexibility index (Phi) is 5.72. The highest BCUT2D eigenvalue weighted by Gasteiger charge is 2.33. The summed E-state index contributed by atoms with van der Waals surface area (Å²) in [6, 6.07) is 14.9. The standard InChI is InChI=1S/C20H21NO5S/c1-15(22)17-6-5-9-19(14-17)27(24,25)21-12-10-16(11-13-21)20(23)26-18-7-3-2-4-8-18/h2-9,14,16H,10-13H2,1H3. The molecule has 0 amide bonds. The molecule has 0 radical (unpaired) electrons. The van der Waals surface area contributed by atoms with Gasteiger partial charge in [0.05, 0.1) is 10.8 Å². The first-order chi connectivity index (χ1) is 12.9. The van der Waals surface area contributed by atoms with Gasteiger partial charge in [-0.1, -0.05) is 30.3 Å². The van der Waals surface area contributed by atoms with Crippen LogP contribution in [0, 0.1) is 5.92 Å². The van der Waals surface area contributed by atoms with Crippen LogP contribution >= 0.6 is 0 Å². The third kappa shape index (κ3) is 4.43. The van der Waals surface area contributed by atoms with Gasteiger partial charge in [-0.05, 0) is 44.0 Å². The molecule has 1 aliphatic heterocycles. The van der Waals surface area contributed by atoms with Crippen LogP contribution in [0.15, 0.2) is 59.5 Å². The van der Waals surface area contributed by atoms with E-state index in [9.17, 15) is 18.0 Å². The number of hydrogen-bond acceptors (Lipinski definition) is 5. The number of carbonyl (C=O) groups is 2. The zero-order valence-corrected chi connectivity index (χ0v) is 15.8. The summed E-state index contributed by atoms with van der Waals surface area (Å²) in [5, 5.41) is 0. The quantitative estimate of drug-likeness (QED) is 0.448. The van der Waals surface area contributed by atoms with Crippen LogP contribution in [0.5, 0.6) is 5.75 Å². The Hall–Kier alpha value is -2.51. The number of nitrogens with zero attached hydrogens (tertiary/aromatic N) is 1. The lowest BCUT2D eigenvalue weighted by Crippen LogP contribution is -2.41. The van der Waals surface area contributed by atoms with Gasteiger partial charge in [0.15, 0.2) is 5.78 Å². The van der Waals surface area contributed by atoms with E-state index in [0.29, 0.717) is 24.2 Å². The van der Waals surface area contributed by atoms with Crippen molar-refractivity contribution >= 4 is 21.8 Å². The first kappa shape index (κ1) is 19.3. The van der Waals surface area contributed by atoms with Gasteiger partial charge in [-0.3, -0.25) is 9.59 Å². The van der Waals surface area contributed by atoms with Gasteiger partial charge in [0, 0.05) is 18.7 Å². The number of rotatable bonds is 5. The summed E-state index contributed by atoms with van der Waals surface area (Å²) < 4.78 is 32.4. The molecule has 1 heterocycles. The summed E-state index contributed by atoms with van der Waals surface area (Å²) >= 11 is 0. The van der Waals surface area contributed by atoms with Gasteiger partial charge in [0.2, 0.25) is 10.0 Å². The fourth-order valence-electron chi connectivity index (χ4n) is 3.04. The molecule has 2 aromatic rings. The Labute approximate surface area is 158 Å². The Morgan fingerprint density at radius 1 is 1.00 bits per heavy atom. The Morgan fingerprint density at radius 3 is 2.30 bits per heavy atom. The average Bonchev–Trinajstić information content (AvgIpc) is 2.69. The zero-order chi connectivity index (χ0) is 19.4. The monoisotopic (exact) mass is 387 g/mol. The number of esters is 1. The molecule has 1 saturated heterocycles. The molecule has 0 spiro atoms. The molecule has 0 aliphatic carbocycles. The third-order valence-corrected chi connectivity index (χ3v) is 6.52. The number of carbonyl (C=O) groups excluding carboxylic acids is 2. The van der Waals surface area contributed by atoms with Crippen molar-refractivity contribution in [3.63, 3.8) is 0 Å². The van der Waals surface area contributed by atoms with Crippen molar-refractivity contribution in [3.8, 4) is 5.75 Å². The van der Waals surface area contributed by atoms with Crippen molar-refractivity contribution in [2.24, 2.45) is 5.92 Å². The SMILES string of the molecule is CC(=O)c1cccc(S(=O)(=O)N2CCC(C(=O)Oc3ccccc3)CC2)c1. The van der Waals surface area contributed by atoms with Crippen LogP contribution in [0.25, 0.3) is 0 Å². The summed E-state index contributed by atoms with van der Waals surface area (Å²) in [5.41, 5.74) is 0.359. The van der Waals surface area contributed by atoms with Crippen LogP contribution < -0.4 is 4.74 Å². The number of Topliss-reactive ketones (excluding diaryl/α,β-unsaturated/α-hetero) is 1. The van der Waals surface area contributed by atoms with Crippen molar-refractivity contribution in [1.82, 2.24) is 4.31 Å². The van der Waals surface area contributed by atoms with Crippen molar-refractivity contribution in [1.29, 1.82) is 0 Å². The average molecular weight is 387 g/mol. The first-order valence-corrected chi connectivity index (χ1v) is 10.2. The van der Waals surface area contributed by atoms with Gasteiger partial charge in [0.25, 0.3) is 0 Å². The molecule has 7 heteroatoms. The van der Waals surface area contributed by atoms with Crippen molar-refractivity contribution in [2.75, 3.05) is 13.1 Å². The van der Waals surface area contributed by atoms with Crippen LogP contribution in [-0.2, 0) is 14.8 Å². The molecule has 0 unspecified atom stereocenters. The molecular weight excluding hydrogens is 366 g/mol. The number of hydrogen-bond donors (Lipinski definition) is 0. The lowest BCUT2D eigenvalue weighted by atomic mass is 9.98. The molecule has 0 aromatic heterocycles. The summed E-state index contributed by atoms with van der Waals surface area (Å²) in [6.07, 6.45) is 0.800. The maximum absolute atomic E-state index is 12.8. The number of ketones is 1. The second-order valence-corrected chi connectivity index (χ2v) is 8.43. The topological polar surface area (TPSA) is 80.8 Å². The highest BCUT2D eigenvalue weighted by molar-refractivity contribution is 7.89. The lowest BCUT2D eigenvalue weighted by molar-refractivity contribution is -0.140. The van der Waals surface area contributed by atoms with E-state index >= 15 is 0 Å². The van der Waals surface area contributed by atoms with E-state index in [-0.39, 0.29) is 35.7 Å². The molecule has 2 aromatic carbocycles. The van der Waals surface area contributed by atoms with Gasteiger partial charge in [0.1, 0.15) is 5.75 Å². The smallest absolute Gasteiger partial charge is 0.314 e. The van der Waals surface area contributed by atoms with E-state index in [1.807, 2.05) is 6.07 Å². The van der Waals surface area contributed by atoms with Crippen molar-refractivity contribution < 1.29 is 22.7 Å². The maximum Gasteiger partial charge on any atom is 0.314 e. The normalized spacial score (nSPS) is 16.0. The van der Waals surface area contributed by atoms with E-state index < -0.39 is 10.0 Å². The van der Waals surface area contributed by atoms with Crippen LogP contribution in [0.4, 0.5) is 0 Å². The minimum Gasteiger partial charge on any atom is -0.426 e. The molecule has 0 atom stereocenters. The van der Waals surface area contributed by atoms with E-state index in [2.05, 4.69) is 0 Å². The van der Waals surface area contributed by atoms with E-state index in [1.165, 1.54) is 23.4 Å². The summed E-state index contributed by atoms with van der Waals surface area (Å²) in [4.78, 5) is 23.9. The van der Waals surface area contributed by atoms with E-state index in [1.54, 1.807) is 36.4 Å². The fourth-order valence-corrected chi connectivity index (χ4v) is 4.56. The summed E-state index contributed by atoms with van der Waals surface area (Å²) in [5.74, 6) is -0.370. The minimum atomic E-state index is -3.70. The molecule has 1 aliphatic rings. The highest BCUT2D eigenvalue weighted by atomic mass is 32.2. The van der Waals surface area contributed by atoms with Crippen LogP contribution in [0.3, 0.4) is 0 Å². The summed E-state index contributed by atoms with van der Waals surface area (Å²) in [7, 11) is -3.70. The number of piperidine rings is 1. The molecule has 0 N–H and O–H groups in total. The molecule has 0 bridgehead atoms. The van der Waals surface area contributed by atoms with E-state index in [0.717, 1.165) is 0 Å². The molecule has 1 fully saturated rings. The lowest BCUT2D eigenvalue weighted by Gasteiger charge is -2.30.